The highest BCUT2D eigenvalue weighted by Gasteiger charge is 2.13. The summed E-state index contributed by atoms with van der Waals surface area (Å²) in [6, 6.07) is 6.81. The smallest absolute Gasteiger partial charge is 0.260 e. The highest BCUT2D eigenvalue weighted by molar-refractivity contribution is 5.90. The van der Waals surface area contributed by atoms with E-state index in [-0.39, 0.29) is 30.9 Å². The molecule has 0 saturated heterocycles. The Morgan fingerprint density at radius 3 is 2.52 bits per heavy atom. The number of carbonyl (C=O) groups excluding carboxylic acids is 3. The molecule has 2 N–H and O–H groups in total. The molecule has 0 spiro atoms. The van der Waals surface area contributed by atoms with Crippen LogP contribution in [0.4, 0.5) is 5.69 Å². The Morgan fingerprint density at radius 1 is 1.24 bits per heavy atom. The zero-order valence-electron chi connectivity index (χ0n) is 12.3. The fourth-order valence-electron chi connectivity index (χ4n) is 1.52. The van der Waals surface area contributed by atoms with Gasteiger partial charge in [0.25, 0.3) is 5.91 Å². The van der Waals surface area contributed by atoms with Gasteiger partial charge in [-0.1, -0.05) is 12.1 Å². The molecule has 114 valence electrons. The summed E-state index contributed by atoms with van der Waals surface area (Å²) in [5, 5.41) is 5.05. The van der Waals surface area contributed by atoms with Crippen LogP contribution in [0.3, 0.4) is 0 Å². The lowest BCUT2D eigenvalue weighted by molar-refractivity contribution is -0.136. The molecule has 0 fully saturated rings. The quantitative estimate of drug-likeness (QED) is 0.786. The number of carbonyl (C=O) groups is 3. The Bertz CT molecular complexity index is 531. The van der Waals surface area contributed by atoms with Crippen LogP contribution in [0.25, 0.3) is 0 Å². The SMILES string of the molecule is CNC(=O)CN(C)C(=O)COc1ccccc1NC(C)=O. The number of rotatable bonds is 6. The third-order valence-corrected chi connectivity index (χ3v) is 2.63. The molecule has 7 nitrogen and oxygen atoms in total. The summed E-state index contributed by atoms with van der Waals surface area (Å²) in [4.78, 5) is 35.4. The van der Waals surface area contributed by atoms with E-state index in [0.29, 0.717) is 11.4 Å². The highest BCUT2D eigenvalue weighted by atomic mass is 16.5. The number of ether oxygens (including phenoxy) is 1. The highest BCUT2D eigenvalue weighted by Crippen LogP contribution is 2.23. The lowest BCUT2D eigenvalue weighted by Crippen LogP contribution is -2.39. The van der Waals surface area contributed by atoms with E-state index in [1.807, 2.05) is 0 Å². The van der Waals surface area contributed by atoms with Gasteiger partial charge in [-0.2, -0.15) is 0 Å². The molecule has 3 amide bonds. The van der Waals surface area contributed by atoms with Crippen molar-refractivity contribution in [1.82, 2.24) is 10.2 Å². The molecule has 1 rings (SSSR count). The van der Waals surface area contributed by atoms with Gasteiger partial charge in [0.1, 0.15) is 5.75 Å². The second-order valence-electron chi connectivity index (χ2n) is 4.39. The number of para-hydroxylation sites is 2. The Morgan fingerprint density at radius 2 is 1.90 bits per heavy atom. The van der Waals surface area contributed by atoms with Gasteiger partial charge in [-0.3, -0.25) is 14.4 Å². The third-order valence-electron chi connectivity index (χ3n) is 2.63. The van der Waals surface area contributed by atoms with Crippen molar-refractivity contribution in [3.8, 4) is 5.75 Å². The zero-order valence-corrected chi connectivity index (χ0v) is 12.3. The van der Waals surface area contributed by atoms with E-state index >= 15 is 0 Å². The molecule has 0 unspecified atom stereocenters. The summed E-state index contributed by atoms with van der Waals surface area (Å²) in [6.45, 7) is 1.13. The topological polar surface area (TPSA) is 87.7 Å². The number of amides is 3. The minimum absolute atomic E-state index is 0.0357. The lowest BCUT2D eigenvalue weighted by Gasteiger charge is -2.17. The van der Waals surface area contributed by atoms with E-state index in [9.17, 15) is 14.4 Å². The van der Waals surface area contributed by atoms with Crippen molar-refractivity contribution in [3.63, 3.8) is 0 Å². The van der Waals surface area contributed by atoms with E-state index in [1.54, 1.807) is 24.3 Å². The molecular formula is C14H19N3O4. The minimum Gasteiger partial charge on any atom is -0.482 e. The molecule has 7 heteroatoms. The molecule has 0 saturated carbocycles. The normalized spacial score (nSPS) is 9.67. The van der Waals surface area contributed by atoms with Gasteiger partial charge in [0.05, 0.1) is 12.2 Å². The van der Waals surface area contributed by atoms with Gasteiger partial charge >= 0.3 is 0 Å². The Kier molecular flexibility index (Phi) is 6.19. The van der Waals surface area contributed by atoms with Crippen molar-refractivity contribution in [3.05, 3.63) is 24.3 Å². The van der Waals surface area contributed by atoms with Crippen LogP contribution in [0, 0.1) is 0 Å². The van der Waals surface area contributed by atoms with Gasteiger partial charge in [0, 0.05) is 21.0 Å². The predicted molar refractivity (Wildman–Crippen MR) is 77.9 cm³/mol. The van der Waals surface area contributed by atoms with Crippen molar-refractivity contribution in [2.75, 3.05) is 32.6 Å². The Labute approximate surface area is 123 Å². The summed E-state index contributed by atoms with van der Waals surface area (Å²) < 4.78 is 5.40. The van der Waals surface area contributed by atoms with Crippen molar-refractivity contribution >= 4 is 23.4 Å². The van der Waals surface area contributed by atoms with E-state index in [0.717, 1.165) is 0 Å². The molecule has 0 radical (unpaired) electrons. The summed E-state index contributed by atoms with van der Waals surface area (Å²) in [5.41, 5.74) is 0.492. The van der Waals surface area contributed by atoms with Gasteiger partial charge in [-0.15, -0.1) is 0 Å². The van der Waals surface area contributed by atoms with Crippen molar-refractivity contribution in [2.24, 2.45) is 0 Å². The third kappa shape index (κ3) is 5.52. The van der Waals surface area contributed by atoms with Crippen molar-refractivity contribution in [2.45, 2.75) is 6.92 Å². The molecule has 0 aliphatic heterocycles. The van der Waals surface area contributed by atoms with Gasteiger partial charge in [-0.25, -0.2) is 0 Å². The van der Waals surface area contributed by atoms with E-state index in [4.69, 9.17) is 4.74 Å². The zero-order chi connectivity index (χ0) is 15.8. The van der Waals surface area contributed by atoms with Crippen LogP contribution in [-0.2, 0) is 14.4 Å². The first-order valence-corrected chi connectivity index (χ1v) is 6.38. The second-order valence-corrected chi connectivity index (χ2v) is 4.39. The van der Waals surface area contributed by atoms with Crippen LogP contribution >= 0.6 is 0 Å². The predicted octanol–water partition coefficient (Wildman–Crippen LogP) is 0.228. The van der Waals surface area contributed by atoms with E-state index in [2.05, 4.69) is 10.6 Å². The average Bonchev–Trinajstić information content (AvgIpc) is 2.45. The number of nitrogens with zero attached hydrogens (tertiary/aromatic N) is 1. The molecule has 0 aromatic heterocycles. The van der Waals surface area contributed by atoms with Crippen LogP contribution in [0.15, 0.2) is 24.3 Å². The number of hydrogen-bond donors (Lipinski definition) is 2. The maximum absolute atomic E-state index is 11.8. The summed E-state index contributed by atoms with van der Waals surface area (Å²) >= 11 is 0. The van der Waals surface area contributed by atoms with Crippen LogP contribution in [0.2, 0.25) is 0 Å². The van der Waals surface area contributed by atoms with Crippen LogP contribution in [0.5, 0.6) is 5.75 Å². The fourth-order valence-corrected chi connectivity index (χ4v) is 1.52. The molecule has 1 aromatic carbocycles. The Balaban J connectivity index is 2.60. The fraction of sp³-hybridized carbons (Fsp3) is 0.357. The summed E-state index contributed by atoms with van der Waals surface area (Å²) in [6.07, 6.45) is 0. The molecule has 0 aliphatic rings. The largest absolute Gasteiger partial charge is 0.482 e. The molecule has 21 heavy (non-hydrogen) atoms. The second kappa shape index (κ2) is 7.88. The lowest BCUT2D eigenvalue weighted by atomic mass is 10.3. The van der Waals surface area contributed by atoms with Gasteiger partial charge < -0.3 is 20.3 Å². The monoisotopic (exact) mass is 293 g/mol. The average molecular weight is 293 g/mol. The maximum atomic E-state index is 11.8. The van der Waals surface area contributed by atoms with E-state index in [1.165, 1.54) is 25.9 Å². The molecule has 1 aromatic rings. The Hall–Kier alpha value is -2.57. The number of likely N-dealkylation sites (N-methyl/N-ethyl adjacent to an activating group) is 2. The molecule has 0 aliphatic carbocycles. The number of benzene rings is 1. The number of hydrogen-bond acceptors (Lipinski definition) is 4. The van der Waals surface area contributed by atoms with Crippen LogP contribution in [-0.4, -0.2) is 49.9 Å². The number of anilines is 1. The maximum Gasteiger partial charge on any atom is 0.260 e. The summed E-state index contributed by atoms with van der Waals surface area (Å²) in [5.74, 6) is -0.427. The minimum atomic E-state index is -0.337. The summed E-state index contributed by atoms with van der Waals surface area (Å²) in [7, 11) is 3.02. The van der Waals surface area contributed by atoms with E-state index < -0.39 is 0 Å². The van der Waals surface area contributed by atoms with Crippen LogP contribution in [0.1, 0.15) is 6.92 Å². The first kappa shape index (κ1) is 16.5. The molecule has 0 bridgehead atoms. The molecule has 0 atom stereocenters. The molecule has 0 heterocycles. The number of nitrogens with one attached hydrogen (secondary N) is 2. The van der Waals surface area contributed by atoms with Gasteiger partial charge in [-0.05, 0) is 12.1 Å². The molecular weight excluding hydrogens is 274 g/mol. The van der Waals surface area contributed by atoms with Crippen molar-refractivity contribution in [1.29, 1.82) is 0 Å². The standard InChI is InChI=1S/C14H19N3O4/c1-10(18)16-11-6-4-5-7-12(11)21-9-14(20)17(3)8-13(19)15-2/h4-7H,8-9H2,1-3H3,(H,15,19)(H,16,18). The van der Waals surface area contributed by atoms with Crippen LogP contribution < -0.4 is 15.4 Å². The van der Waals surface area contributed by atoms with Gasteiger partial charge in [0.15, 0.2) is 6.61 Å². The first-order valence-electron chi connectivity index (χ1n) is 6.38. The first-order chi connectivity index (χ1) is 9.93. The van der Waals surface area contributed by atoms with Crippen molar-refractivity contribution < 1.29 is 19.1 Å². The van der Waals surface area contributed by atoms with Gasteiger partial charge in [0.2, 0.25) is 11.8 Å².